The van der Waals surface area contributed by atoms with E-state index >= 15 is 0 Å². The first kappa shape index (κ1) is 24.0. The monoisotopic (exact) mass is 410 g/mol. The molecule has 0 spiro atoms. The lowest BCUT2D eigenvalue weighted by atomic mass is 9.92. The third-order valence-corrected chi connectivity index (χ3v) is 3.98. The highest BCUT2D eigenvalue weighted by molar-refractivity contribution is 5.81. The van der Waals surface area contributed by atoms with E-state index in [9.17, 15) is 31.5 Å². The van der Waals surface area contributed by atoms with Crippen molar-refractivity contribution in [1.29, 1.82) is 0 Å². The molecule has 4 nitrogen and oxygen atoms in total. The Bertz CT molecular complexity index is 743. The van der Waals surface area contributed by atoms with Crippen molar-refractivity contribution >= 4 is 11.8 Å². The first-order valence-corrected chi connectivity index (χ1v) is 8.51. The summed E-state index contributed by atoms with van der Waals surface area (Å²) in [5, 5.41) is 0. The second-order valence-electron chi connectivity index (χ2n) is 8.02. The van der Waals surface area contributed by atoms with Gasteiger partial charge in [-0.25, -0.2) is 13.2 Å². The maximum Gasteiger partial charge on any atom is 0.319 e. The number of benzene rings is 1. The van der Waals surface area contributed by atoms with Gasteiger partial charge in [-0.15, -0.1) is 0 Å². The number of hydrogen-bond donors (Lipinski definition) is 0. The molecule has 0 aliphatic rings. The number of carbonyl (C=O) groups is 2. The van der Waals surface area contributed by atoms with Gasteiger partial charge in [-0.05, 0) is 27.7 Å². The van der Waals surface area contributed by atoms with Crippen molar-refractivity contribution in [3.05, 3.63) is 29.1 Å². The summed E-state index contributed by atoms with van der Waals surface area (Å²) in [6.45, 7) is 8.99. The van der Waals surface area contributed by atoms with E-state index in [1.807, 2.05) is 0 Å². The molecule has 0 aliphatic carbocycles. The van der Waals surface area contributed by atoms with Crippen LogP contribution in [0.5, 0.6) is 5.75 Å². The molecule has 0 N–H and O–H groups in total. The molecule has 158 valence electrons. The highest BCUT2D eigenvalue weighted by atomic mass is 19.2. The van der Waals surface area contributed by atoms with Crippen molar-refractivity contribution in [3.63, 3.8) is 0 Å². The number of Topliss-reactive ketones (excluding diaryl/α,β-unsaturated/α-hetero) is 1. The Kier molecular flexibility index (Phi) is 7.33. The molecule has 0 fully saturated rings. The van der Waals surface area contributed by atoms with Crippen LogP contribution in [0, 0.1) is 40.4 Å². The highest BCUT2D eigenvalue weighted by Gasteiger charge is 2.37. The van der Waals surface area contributed by atoms with E-state index in [0.29, 0.717) is 0 Å². The van der Waals surface area contributed by atoms with E-state index in [1.54, 1.807) is 27.7 Å². The molecule has 0 aromatic heterocycles. The quantitative estimate of drug-likeness (QED) is 0.205. The van der Waals surface area contributed by atoms with E-state index < -0.39 is 51.8 Å². The first-order valence-electron chi connectivity index (χ1n) is 8.51. The Morgan fingerprint density at radius 2 is 1.29 bits per heavy atom. The molecule has 1 rings (SSSR count). The summed E-state index contributed by atoms with van der Waals surface area (Å²) in [6.07, 6.45) is 0.0629. The summed E-state index contributed by atoms with van der Waals surface area (Å²) in [5.41, 5.74) is -2.44. The first-order chi connectivity index (χ1) is 12.6. The fraction of sp³-hybridized carbons (Fsp3) is 0.579. The molecule has 0 saturated heterocycles. The lowest BCUT2D eigenvalue weighted by Crippen LogP contribution is -2.39. The summed E-state index contributed by atoms with van der Waals surface area (Å²) >= 11 is 0. The maximum absolute atomic E-state index is 13.7. The lowest BCUT2D eigenvalue weighted by Gasteiger charge is -2.30. The van der Waals surface area contributed by atoms with Crippen molar-refractivity contribution in [2.45, 2.75) is 53.6 Å². The van der Waals surface area contributed by atoms with Crippen LogP contribution < -0.4 is 4.74 Å². The minimum atomic E-state index is -2.35. The topological polar surface area (TPSA) is 52.6 Å². The van der Waals surface area contributed by atoms with Gasteiger partial charge >= 0.3 is 5.97 Å². The molecule has 28 heavy (non-hydrogen) atoms. The smallest absolute Gasteiger partial charge is 0.319 e. The van der Waals surface area contributed by atoms with Gasteiger partial charge in [0.15, 0.2) is 0 Å². The van der Waals surface area contributed by atoms with Gasteiger partial charge in [-0.2, -0.15) is 8.78 Å². The molecular weight excluding hydrogens is 387 g/mol. The Hall–Kier alpha value is -2.03. The SMILES string of the molecule is CC(C)C(=O)CC(C)(C)OCC(C)(C)C(=O)Oc1c(F)c(F)c(F)c(F)c1F. The standard InChI is InChI=1S/C19H23F5O4/c1-9(2)10(25)7-19(5,6)27-8-18(3,4)17(26)28-16-14(23)12(21)11(20)13(22)15(16)24/h9H,7-8H2,1-6H3. The lowest BCUT2D eigenvalue weighted by molar-refractivity contribution is -0.152. The second kappa shape index (κ2) is 8.55. The fourth-order valence-electron chi connectivity index (χ4n) is 2.01. The van der Waals surface area contributed by atoms with Crippen LogP contribution in [0.4, 0.5) is 22.0 Å². The Morgan fingerprint density at radius 1 is 0.857 bits per heavy atom. The average Bonchev–Trinajstić information content (AvgIpc) is 2.59. The molecule has 0 unspecified atom stereocenters. The van der Waals surface area contributed by atoms with Crippen LogP contribution in [0.25, 0.3) is 0 Å². The van der Waals surface area contributed by atoms with Crippen molar-refractivity contribution in [2.75, 3.05) is 6.61 Å². The minimum Gasteiger partial charge on any atom is -0.420 e. The number of ether oxygens (including phenoxy) is 2. The van der Waals surface area contributed by atoms with E-state index in [2.05, 4.69) is 4.74 Å². The summed E-state index contributed by atoms with van der Waals surface area (Å²) in [4.78, 5) is 24.1. The molecule has 1 aromatic carbocycles. The fourth-order valence-corrected chi connectivity index (χ4v) is 2.01. The van der Waals surface area contributed by atoms with Gasteiger partial charge in [-0.1, -0.05) is 13.8 Å². The van der Waals surface area contributed by atoms with Crippen LogP contribution in [0.3, 0.4) is 0 Å². The predicted molar refractivity (Wildman–Crippen MR) is 90.1 cm³/mol. The third kappa shape index (κ3) is 5.50. The number of ketones is 1. The zero-order chi connectivity index (χ0) is 22.0. The average molecular weight is 410 g/mol. The molecule has 0 atom stereocenters. The molecular formula is C19H23F5O4. The molecule has 0 aliphatic heterocycles. The predicted octanol–water partition coefficient (Wildman–Crippen LogP) is 4.72. The number of hydrogen-bond acceptors (Lipinski definition) is 4. The van der Waals surface area contributed by atoms with Gasteiger partial charge in [0.25, 0.3) is 0 Å². The van der Waals surface area contributed by atoms with Crippen molar-refractivity contribution < 1.29 is 41.0 Å². The van der Waals surface area contributed by atoms with Crippen molar-refractivity contribution in [2.24, 2.45) is 11.3 Å². The zero-order valence-corrected chi connectivity index (χ0v) is 16.5. The molecule has 9 heteroatoms. The van der Waals surface area contributed by atoms with Gasteiger partial charge in [-0.3, -0.25) is 9.59 Å². The van der Waals surface area contributed by atoms with E-state index in [4.69, 9.17) is 4.74 Å². The number of halogens is 5. The number of carbonyl (C=O) groups excluding carboxylic acids is 2. The van der Waals surface area contributed by atoms with Crippen molar-refractivity contribution in [1.82, 2.24) is 0 Å². The van der Waals surface area contributed by atoms with E-state index in [-0.39, 0.29) is 24.7 Å². The van der Waals surface area contributed by atoms with E-state index in [0.717, 1.165) is 0 Å². The second-order valence-corrected chi connectivity index (χ2v) is 8.02. The maximum atomic E-state index is 13.7. The normalized spacial score (nSPS) is 12.4. The Balaban J connectivity index is 2.94. The summed E-state index contributed by atoms with van der Waals surface area (Å²) in [5.74, 6) is -14.5. The third-order valence-electron chi connectivity index (χ3n) is 3.98. The van der Waals surface area contributed by atoms with Crippen molar-refractivity contribution in [3.8, 4) is 5.75 Å². The van der Waals surface area contributed by atoms with Gasteiger partial charge in [0, 0.05) is 12.3 Å². The number of rotatable bonds is 8. The molecule has 0 amide bonds. The highest BCUT2D eigenvalue weighted by Crippen LogP contribution is 2.32. The summed E-state index contributed by atoms with van der Waals surface area (Å²) < 4.78 is 76.9. The van der Waals surface area contributed by atoms with Crippen LogP contribution in [-0.4, -0.2) is 24.0 Å². The van der Waals surface area contributed by atoms with Crippen LogP contribution >= 0.6 is 0 Å². The van der Waals surface area contributed by atoms with Crippen LogP contribution in [-0.2, 0) is 14.3 Å². The number of esters is 1. The van der Waals surface area contributed by atoms with E-state index in [1.165, 1.54) is 13.8 Å². The summed E-state index contributed by atoms with van der Waals surface area (Å²) in [6, 6.07) is 0. The summed E-state index contributed by atoms with van der Waals surface area (Å²) in [7, 11) is 0. The van der Waals surface area contributed by atoms with Gasteiger partial charge in [0.05, 0.1) is 17.6 Å². The zero-order valence-electron chi connectivity index (χ0n) is 16.5. The molecule has 0 saturated carbocycles. The van der Waals surface area contributed by atoms with Gasteiger partial charge in [0.2, 0.25) is 34.8 Å². The largest absolute Gasteiger partial charge is 0.420 e. The molecule has 1 aromatic rings. The van der Waals surface area contributed by atoms with Crippen LogP contribution in [0.2, 0.25) is 0 Å². The molecule has 0 heterocycles. The molecule has 0 bridgehead atoms. The van der Waals surface area contributed by atoms with Gasteiger partial charge in [0.1, 0.15) is 5.78 Å². The Morgan fingerprint density at radius 3 is 1.71 bits per heavy atom. The molecule has 0 radical (unpaired) electrons. The Labute approximate surface area is 160 Å². The van der Waals surface area contributed by atoms with Crippen LogP contribution in [0.15, 0.2) is 0 Å². The van der Waals surface area contributed by atoms with Crippen LogP contribution in [0.1, 0.15) is 48.0 Å². The van der Waals surface area contributed by atoms with Gasteiger partial charge < -0.3 is 9.47 Å². The minimum absolute atomic E-state index is 0.0629.